The highest BCUT2D eigenvalue weighted by Crippen LogP contribution is 2.09. The molecule has 1 fully saturated rings. The van der Waals surface area contributed by atoms with Crippen LogP contribution < -0.4 is 5.32 Å². The normalized spacial score (nSPS) is 20.4. The Morgan fingerprint density at radius 1 is 1.00 bits per heavy atom. The molecule has 0 spiro atoms. The second kappa shape index (κ2) is 10.1. The molecule has 2 nitrogen and oxygen atoms in total. The van der Waals surface area contributed by atoms with Crippen molar-refractivity contribution in [2.45, 2.75) is 70.8 Å². The fourth-order valence-corrected chi connectivity index (χ4v) is 2.26. The van der Waals surface area contributed by atoms with Crippen molar-refractivity contribution >= 4 is 0 Å². The van der Waals surface area contributed by atoms with Gasteiger partial charge < -0.3 is 10.1 Å². The Hall–Kier alpha value is -0.0800. The molecule has 0 saturated carbocycles. The molecule has 1 atom stereocenters. The van der Waals surface area contributed by atoms with E-state index in [0.717, 1.165) is 19.7 Å². The molecule has 1 heterocycles. The van der Waals surface area contributed by atoms with E-state index in [0.29, 0.717) is 6.10 Å². The quantitative estimate of drug-likeness (QED) is 0.577. The fourth-order valence-electron chi connectivity index (χ4n) is 2.26. The lowest BCUT2D eigenvalue weighted by Gasteiger charge is -2.09. The van der Waals surface area contributed by atoms with E-state index < -0.39 is 0 Å². The molecule has 0 aliphatic carbocycles. The number of unbranched alkanes of at least 4 members (excludes halogenated alkanes) is 7. The van der Waals surface area contributed by atoms with E-state index in [2.05, 4.69) is 12.2 Å². The summed E-state index contributed by atoms with van der Waals surface area (Å²) in [5, 5.41) is 3.33. The van der Waals surface area contributed by atoms with Gasteiger partial charge in [-0.05, 0) is 19.4 Å². The van der Waals surface area contributed by atoms with E-state index in [-0.39, 0.29) is 0 Å². The van der Waals surface area contributed by atoms with Gasteiger partial charge >= 0.3 is 0 Å². The van der Waals surface area contributed by atoms with Gasteiger partial charge in [-0.15, -0.1) is 0 Å². The van der Waals surface area contributed by atoms with Gasteiger partial charge in [0.15, 0.2) is 0 Å². The summed E-state index contributed by atoms with van der Waals surface area (Å²) in [7, 11) is 0. The summed E-state index contributed by atoms with van der Waals surface area (Å²) in [6.45, 7) is 5.45. The zero-order chi connectivity index (χ0) is 11.5. The minimum absolute atomic E-state index is 0.504. The Bertz CT molecular complexity index is 144. The van der Waals surface area contributed by atoms with Crippen LogP contribution in [0, 0.1) is 0 Å². The first-order valence-corrected chi connectivity index (χ1v) is 7.26. The van der Waals surface area contributed by atoms with E-state index in [1.807, 2.05) is 0 Å². The van der Waals surface area contributed by atoms with Gasteiger partial charge in [-0.1, -0.05) is 51.9 Å². The first-order chi connectivity index (χ1) is 7.93. The third kappa shape index (κ3) is 7.24. The number of hydrogen-bond acceptors (Lipinski definition) is 2. The zero-order valence-electron chi connectivity index (χ0n) is 11.0. The van der Waals surface area contributed by atoms with Gasteiger partial charge in [0.1, 0.15) is 0 Å². The smallest absolute Gasteiger partial charge is 0.0711 e. The Kier molecular flexibility index (Phi) is 8.83. The van der Waals surface area contributed by atoms with Gasteiger partial charge in [0.05, 0.1) is 6.10 Å². The second-order valence-corrected chi connectivity index (χ2v) is 4.96. The van der Waals surface area contributed by atoms with Gasteiger partial charge in [0.25, 0.3) is 0 Å². The van der Waals surface area contributed by atoms with E-state index in [4.69, 9.17) is 4.74 Å². The summed E-state index contributed by atoms with van der Waals surface area (Å²) in [6.07, 6.45) is 12.8. The minimum Gasteiger partial charge on any atom is -0.377 e. The minimum atomic E-state index is 0.504. The first-order valence-electron chi connectivity index (χ1n) is 7.26. The molecule has 1 aliphatic rings. The van der Waals surface area contributed by atoms with Crippen molar-refractivity contribution in [2.24, 2.45) is 0 Å². The standard InChI is InChI=1S/C14H29NO/c1-2-3-4-5-6-7-8-9-12-16-14-10-11-15-13-14/h14-15H,2-13H2,1H3/t14-/m0/s1. The fraction of sp³-hybridized carbons (Fsp3) is 1.00. The summed E-state index contributed by atoms with van der Waals surface area (Å²) < 4.78 is 5.79. The van der Waals surface area contributed by atoms with E-state index in [1.54, 1.807) is 0 Å². The number of rotatable bonds is 10. The number of ether oxygens (including phenoxy) is 1. The van der Waals surface area contributed by atoms with Crippen LogP contribution in [0.2, 0.25) is 0 Å². The van der Waals surface area contributed by atoms with Crippen molar-refractivity contribution in [3.8, 4) is 0 Å². The van der Waals surface area contributed by atoms with Crippen LogP contribution in [0.4, 0.5) is 0 Å². The summed E-state index contributed by atoms with van der Waals surface area (Å²) in [5.74, 6) is 0. The molecule has 0 bridgehead atoms. The van der Waals surface area contributed by atoms with Crippen LogP contribution in [0.1, 0.15) is 64.7 Å². The molecule has 0 aromatic carbocycles. The maximum Gasteiger partial charge on any atom is 0.0711 e. The molecule has 96 valence electrons. The van der Waals surface area contributed by atoms with Crippen molar-refractivity contribution < 1.29 is 4.74 Å². The molecule has 0 aromatic rings. The summed E-state index contributed by atoms with van der Waals surface area (Å²) in [5.41, 5.74) is 0. The van der Waals surface area contributed by atoms with E-state index in [1.165, 1.54) is 57.8 Å². The van der Waals surface area contributed by atoms with Gasteiger partial charge in [-0.3, -0.25) is 0 Å². The summed E-state index contributed by atoms with van der Waals surface area (Å²) >= 11 is 0. The first kappa shape index (κ1) is 14.0. The molecule has 1 saturated heterocycles. The van der Waals surface area contributed by atoms with Crippen LogP contribution in [-0.2, 0) is 4.74 Å². The SMILES string of the molecule is CCCCCCCCCCO[C@H]1CCNC1. The van der Waals surface area contributed by atoms with Gasteiger partial charge in [0, 0.05) is 13.2 Å². The van der Waals surface area contributed by atoms with Crippen LogP contribution in [0.25, 0.3) is 0 Å². The molecule has 0 unspecified atom stereocenters. The van der Waals surface area contributed by atoms with Gasteiger partial charge in [-0.25, -0.2) is 0 Å². The predicted octanol–water partition coefficient (Wildman–Crippen LogP) is 3.51. The second-order valence-electron chi connectivity index (χ2n) is 4.96. The predicted molar refractivity (Wildman–Crippen MR) is 69.8 cm³/mol. The van der Waals surface area contributed by atoms with Crippen LogP contribution in [-0.4, -0.2) is 25.8 Å². The molecule has 0 amide bonds. The van der Waals surface area contributed by atoms with E-state index in [9.17, 15) is 0 Å². The maximum atomic E-state index is 5.79. The summed E-state index contributed by atoms with van der Waals surface area (Å²) in [6, 6.07) is 0. The highest BCUT2D eigenvalue weighted by molar-refractivity contribution is 4.70. The monoisotopic (exact) mass is 227 g/mol. The average Bonchev–Trinajstić information content (AvgIpc) is 2.80. The lowest BCUT2D eigenvalue weighted by atomic mass is 10.1. The Labute approximate surface area is 101 Å². The van der Waals surface area contributed by atoms with Crippen molar-refractivity contribution in [1.29, 1.82) is 0 Å². The largest absolute Gasteiger partial charge is 0.377 e. The Balaban J connectivity index is 1.71. The molecule has 1 aliphatic heterocycles. The van der Waals surface area contributed by atoms with Gasteiger partial charge in [-0.2, -0.15) is 0 Å². The topological polar surface area (TPSA) is 21.3 Å². The molecule has 1 N–H and O–H groups in total. The third-order valence-electron chi connectivity index (χ3n) is 3.37. The van der Waals surface area contributed by atoms with Crippen LogP contribution in [0.15, 0.2) is 0 Å². The molecule has 0 radical (unpaired) electrons. The van der Waals surface area contributed by atoms with Crippen LogP contribution >= 0.6 is 0 Å². The molecule has 1 rings (SSSR count). The van der Waals surface area contributed by atoms with E-state index >= 15 is 0 Å². The van der Waals surface area contributed by atoms with Crippen molar-refractivity contribution in [2.75, 3.05) is 19.7 Å². The lowest BCUT2D eigenvalue weighted by molar-refractivity contribution is 0.0641. The maximum absolute atomic E-state index is 5.79. The number of nitrogens with one attached hydrogen (secondary N) is 1. The van der Waals surface area contributed by atoms with Crippen molar-refractivity contribution in [3.05, 3.63) is 0 Å². The summed E-state index contributed by atoms with van der Waals surface area (Å²) in [4.78, 5) is 0. The van der Waals surface area contributed by atoms with Gasteiger partial charge in [0.2, 0.25) is 0 Å². The average molecular weight is 227 g/mol. The highest BCUT2D eigenvalue weighted by Gasteiger charge is 2.13. The number of hydrogen-bond donors (Lipinski definition) is 1. The highest BCUT2D eigenvalue weighted by atomic mass is 16.5. The molecule has 16 heavy (non-hydrogen) atoms. The molecule has 2 heteroatoms. The van der Waals surface area contributed by atoms with Crippen LogP contribution in [0.3, 0.4) is 0 Å². The van der Waals surface area contributed by atoms with Crippen molar-refractivity contribution in [3.63, 3.8) is 0 Å². The molecular formula is C14H29NO. The Morgan fingerprint density at radius 3 is 2.31 bits per heavy atom. The third-order valence-corrected chi connectivity index (χ3v) is 3.37. The van der Waals surface area contributed by atoms with Crippen molar-refractivity contribution in [1.82, 2.24) is 5.32 Å². The lowest BCUT2D eigenvalue weighted by Crippen LogP contribution is -2.17. The van der Waals surface area contributed by atoms with Crippen LogP contribution in [0.5, 0.6) is 0 Å². The molecule has 0 aromatic heterocycles. The molecular weight excluding hydrogens is 198 g/mol. The Morgan fingerprint density at radius 2 is 1.69 bits per heavy atom. The zero-order valence-corrected chi connectivity index (χ0v) is 11.0.